The molecule has 0 saturated carbocycles. The van der Waals surface area contributed by atoms with Crippen LogP contribution >= 0.6 is 7.92 Å². The normalized spacial score (nSPS) is 12.0. The van der Waals surface area contributed by atoms with Gasteiger partial charge in [0.2, 0.25) is 0 Å². The Morgan fingerprint density at radius 2 is 1.11 bits per heavy atom. The van der Waals surface area contributed by atoms with Crippen LogP contribution < -0.4 is 5.30 Å². The van der Waals surface area contributed by atoms with Crippen molar-refractivity contribution >= 4 is 34.8 Å². The van der Waals surface area contributed by atoms with E-state index >= 15 is 0 Å². The van der Waals surface area contributed by atoms with Gasteiger partial charge in [0.15, 0.2) is 0 Å². The molecule has 0 atom stereocenters. The maximum absolute atomic E-state index is 2.41. The molecule has 0 heterocycles. The minimum Gasteiger partial charge on any atom is -0.0694 e. The van der Waals surface area contributed by atoms with E-state index in [4.69, 9.17) is 0 Å². The van der Waals surface area contributed by atoms with E-state index in [1.165, 1.54) is 32.7 Å². The van der Waals surface area contributed by atoms with Gasteiger partial charge in [-0.2, -0.15) is 0 Å². The van der Waals surface area contributed by atoms with Crippen molar-refractivity contribution in [3.8, 4) is 11.1 Å². The first kappa shape index (κ1) is 18.2. The number of benzene rings is 4. The standard InChI is InChI=1S/C26H27P/c1-18(2)27(19(3)4)25-17-16-21-11-6-8-14-23(21)26(25)24-15-9-12-20-10-5-7-13-22(20)24/h5-19H,1-4H3. The van der Waals surface area contributed by atoms with Crippen LogP contribution in [0.2, 0.25) is 0 Å². The molecule has 0 N–H and O–H groups in total. The minimum absolute atomic E-state index is 0.247. The molecule has 0 amide bonds. The van der Waals surface area contributed by atoms with E-state index in [9.17, 15) is 0 Å². The molecule has 4 aromatic rings. The van der Waals surface area contributed by atoms with Crippen LogP contribution in [0.4, 0.5) is 0 Å². The zero-order valence-corrected chi connectivity index (χ0v) is 17.5. The summed E-state index contributed by atoms with van der Waals surface area (Å²) in [4.78, 5) is 0. The first-order valence-electron chi connectivity index (χ1n) is 9.86. The third-order valence-corrected chi connectivity index (χ3v) is 8.51. The van der Waals surface area contributed by atoms with Crippen LogP contribution in [0.15, 0.2) is 78.9 Å². The van der Waals surface area contributed by atoms with Gasteiger partial charge >= 0.3 is 0 Å². The topological polar surface area (TPSA) is 0 Å². The Morgan fingerprint density at radius 3 is 1.78 bits per heavy atom. The maximum Gasteiger partial charge on any atom is -0.00220 e. The fourth-order valence-corrected chi connectivity index (χ4v) is 7.41. The van der Waals surface area contributed by atoms with Gasteiger partial charge in [-0.3, -0.25) is 0 Å². The summed E-state index contributed by atoms with van der Waals surface area (Å²) in [6.07, 6.45) is 0. The van der Waals surface area contributed by atoms with E-state index in [-0.39, 0.29) is 7.92 Å². The number of hydrogen-bond acceptors (Lipinski definition) is 0. The molecule has 4 aromatic carbocycles. The molecule has 0 fully saturated rings. The van der Waals surface area contributed by atoms with Crippen LogP contribution in [0.25, 0.3) is 32.7 Å². The van der Waals surface area contributed by atoms with Crippen molar-refractivity contribution < 1.29 is 0 Å². The summed E-state index contributed by atoms with van der Waals surface area (Å²) < 4.78 is 0. The number of rotatable bonds is 4. The molecule has 0 aliphatic carbocycles. The highest BCUT2D eigenvalue weighted by Crippen LogP contribution is 2.49. The highest BCUT2D eigenvalue weighted by Gasteiger charge is 2.24. The van der Waals surface area contributed by atoms with Crippen molar-refractivity contribution in [1.82, 2.24) is 0 Å². The highest BCUT2D eigenvalue weighted by atomic mass is 31.1. The smallest absolute Gasteiger partial charge is 0.00220 e. The molecule has 0 saturated heterocycles. The Labute approximate surface area is 164 Å². The first-order valence-corrected chi connectivity index (χ1v) is 11.3. The van der Waals surface area contributed by atoms with Crippen LogP contribution in [0, 0.1) is 0 Å². The third-order valence-electron chi connectivity index (χ3n) is 5.36. The number of fused-ring (bicyclic) bond motifs is 2. The summed E-state index contributed by atoms with van der Waals surface area (Å²) in [6, 6.07) is 29.1. The van der Waals surface area contributed by atoms with Gasteiger partial charge in [0, 0.05) is 0 Å². The highest BCUT2D eigenvalue weighted by molar-refractivity contribution is 7.67. The molecule has 0 aromatic heterocycles. The first-order chi connectivity index (χ1) is 13.1. The van der Waals surface area contributed by atoms with Crippen LogP contribution in [0.3, 0.4) is 0 Å². The Kier molecular flexibility index (Phi) is 5.02. The zero-order chi connectivity index (χ0) is 19.0. The van der Waals surface area contributed by atoms with Crippen LogP contribution in [-0.4, -0.2) is 11.3 Å². The van der Waals surface area contributed by atoms with Gasteiger partial charge in [0.25, 0.3) is 0 Å². The fourth-order valence-electron chi connectivity index (χ4n) is 4.35. The second-order valence-corrected chi connectivity index (χ2v) is 11.2. The molecule has 136 valence electrons. The van der Waals surface area contributed by atoms with E-state index in [0.29, 0.717) is 11.3 Å². The molecule has 1 heteroatoms. The quantitative estimate of drug-likeness (QED) is 0.325. The summed E-state index contributed by atoms with van der Waals surface area (Å²) in [5.41, 5.74) is 4.14. The van der Waals surface area contributed by atoms with Crippen molar-refractivity contribution in [2.24, 2.45) is 0 Å². The summed E-state index contributed by atoms with van der Waals surface area (Å²) in [5.74, 6) is 0. The fraction of sp³-hybridized carbons (Fsp3) is 0.231. The lowest BCUT2D eigenvalue weighted by Gasteiger charge is -2.29. The van der Waals surface area contributed by atoms with E-state index in [1.807, 2.05) is 0 Å². The van der Waals surface area contributed by atoms with Gasteiger partial charge < -0.3 is 0 Å². The SMILES string of the molecule is CC(C)P(c1ccc2ccccc2c1-c1cccc2ccccc12)C(C)C. The van der Waals surface area contributed by atoms with E-state index in [2.05, 4.69) is 107 Å². The molecule has 0 aliphatic rings. The predicted octanol–water partition coefficient (Wildman–Crippen LogP) is 7.58. The lowest BCUT2D eigenvalue weighted by atomic mass is 9.94. The number of hydrogen-bond donors (Lipinski definition) is 0. The molecule has 0 spiro atoms. The van der Waals surface area contributed by atoms with E-state index in [0.717, 1.165) is 0 Å². The molecule has 0 radical (unpaired) electrons. The van der Waals surface area contributed by atoms with Gasteiger partial charge in [0.05, 0.1) is 0 Å². The van der Waals surface area contributed by atoms with Crippen molar-refractivity contribution in [2.75, 3.05) is 0 Å². The Hall–Kier alpha value is -2.17. The van der Waals surface area contributed by atoms with Crippen molar-refractivity contribution in [3.63, 3.8) is 0 Å². The summed E-state index contributed by atoms with van der Waals surface area (Å²) in [5, 5.41) is 6.91. The van der Waals surface area contributed by atoms with Gasteiger partial charge in [-0.05, 0) is 49.3 Å². The Balaban J connectivity index is 2.13. The minimum atomic E-state index is -0.247. The van der Waals surface area contributed by atoms with Gasteiger partial charge in [0.1, 0.15) is 0 Å². The molecule has 0 aliphatic heterocycles. The van der Waals surface area contributed by atoms with Gasteiger partial charge in [-0.15, -0.1) is 0 Å². The van der Waals surface area contributed by atoms with Crippen LogP contribution in [0.5, 0.6) is 0 Å². The molecule has 0 nitrogen and oxygen atoms in total. The van der Waals surface area contributed by atoms with Gasteiger partial charge in [-0.25, -0.2) is 0 Å². The molecule has 0 unspecified atom stereocenters. The average Bonchev–Trinajstić information content (AvgIpc) is 2.67. The second-order valence-electron chi connectivity index (χ2n) is 7.80. The average molecular weight is 370 g/mol. The van der Waals surface area contributed by atoms with Gasteiger partial charge in [-0.1, -0.05) is 114 Å². The summed E-state index contributed by atoms with van der Waals surface area (Å²) >= 11 is 0. The molecular formula is C26H27P. The lowest BCUT2D eigenvalue weighted by molar-refractivity contribution is 1.02. The zero-order valence-electron chi connectivity index (χ0n) is 16.6. The Morgan fingerprint density at radius 1 is 0.556 bits per heavy atom. The van der Waals surface area contributed by atoms with Crippen LogP contribution in [0.1, 0.15) is 27.7 Å². The molecular weight excluding hydrogens is 343 g/mol. The Bertz CT molecular complexity index is 1080. The molecule has 27 heavy (non-hydrogen) atoms. The maximum atomic E-state index is 2.41. The summed E-state index contributed by atoms with van der Waals surface area (Å²) in [6.45, 7) is 9.53. The lowest BCUT2D eigenvalue weighted by Crippen LogP contribution is -2.17. The van der Waals surface area contributed by atoms with Crippen molar-refractivity contribution in [1.29, 1.82) is 0 Å². The van der Waals surface area contributed by atoms with Crippen LogP contribution in [-0.2, 0) is 0 Å². The molecule has 0 bridgehead atoms. The van der Waals surface area contributed by atoms with E-state index < -0.39 is 0 Å². The largest absolute Gasteiger partial charge is 0.0694 e. The van der Waals surface area contributed by atoms with E-state index in [1.54, 1.807) is 5.30 Å². The second kappa shape index (κ2) is 7.45. The summed E-state index contributed by atoms with van der Waals surface area (Å²) in [7, 11) is -0.247. The van der Waals surface area contributed by atoms with Crippen molar-refractivity contribution in [2.45, 2.75) is 39.0 Å². The predicted molar refractivity (Wildman–Crippen MR) is 124 cm³/mol. The molecule has 4 rings (SSSR count). The monoisotopic (exact) mass is 370 g/mol. The third kappa shape index (κ3) is 3.28. The van der Waals surface area contributed by atoms with Crippen molar-refractivity contribution in [3.05, 3.63) is 78.9 Å².